The summed E-state index contributed by atoms with van der Waals surface area (Å²) in [4.78, 5) is 28.6. The molecule has 8 nitrogen and oxygen atoms in total. The summed E-state index contributed by atoms with van der Waals surface area (Å²) in [7, 11) is 0. The van der Waals surface area contributed by atoms with Crippen LogP contribution in [-0.4, -0.2) is 30.7 Å². The molecule has 176 valence electrons. The highest BCUT2D eigenvalue weighted by Crippen LogP contribution is 2.29. The third kappa shape index (κ3) is 4.73. The van der Waals surface area contributed by atoms with E-state index in [1.54, 1.807) is 24.5 Å². The molecule has 35 heavy (non-hydrogen) atoms. The first-order valence-corrected chi connectivity index (χ1v) is 12.0. The van der Waals surface area contributed by atoms with Crippen molar-refractivity contribution in [2.45, 2.75) is 26.6 Å². The Labute approximate surface area is 210 Å². The van der Waals surface area contributed by atoms with Crippen LogP contribution in [0.25, 0.3) is 21.8 Å². The van der Waals surface area contributed by atoms with Crippen LogP contribution in [0.15, 0.2) is 77.5 Å². The zero-order chi connectivity index (χ0) is 24.4. The molecule has 0 bridgehead atoms. The number of amides is 1. The third-order valence-corrected chi connectivity index (χ3v) is 6.17. The quantitative estimate of drug-likeness (QED) is 0.293. The van der Waals surface area contributed by atoms with Crippen LogP contribution < -0.4 is 5.73 Å². The number of nitrogens with zero attached hydrogens (tertiary/aromatic N) is 5. The minimum absolute atomic E-state index is 0.194. The van der Waals surface area contributed by atoms with Gasteiger partial charge in [0.15, 0.2) is 0 Å². The lowest BCUT2D eigenvalue weighted by atomic mass is 10.1. The summed E-state index contributed by atoms with van der Waals surface area (Å²) >= 11 is 3.40. The van der Waals surface area contributed by atoms with Gasteiger partial charge in [0.1, 0.15) is 12.4 Å². The fourth-order valence-electron chi connectivity index (χ4n) is 3.94. The number of benzene rings is 2. The monoisotopic (exact) mass is 530 g/mol. The first kappa shape index (κ1) is 22.9. The van der Waals surface area contributed by atoms with E-state index in [-0.39, 0.29) is 19.1 Å². The van der Waals surface area contributed by atoms with Crippen molar-refractivity contribution in [1.29, 1.82) is 0 Å². The highest BCUT2D eigenvalue weighted by molar-refractivity contribution is 9.10. The van der Waals surface area contributed by atoms with Crippen molar-refractivity contribution in [2.75, 3.05) is 5.73 Å². The van der Waals surface area contributed by atoms with Gasteiger partial charge in [0.05, 0.1) is 34.9 Å². The van der Waals surface area contributed by atoms with Gasteiger partial charge in [-0.05, 0) is 58.7 Å². The van der Waals surface area contributed by atoms with Crippen LogP contribution in [-0.2, 0) is 24.5 Å². The molecule has 0 aliphatic carbocycles. The molecule has 3 aromatic heterocycles. The Kier molecular flexibility index (Phi) is 6.43. The summed E-state index contributed by atoms with van der Waals surface area (Å²) in [6.07, 6.45) is 3.41. The topological polar surface area (TPSA) is 99.2 Å². The number of fused-ring (bicyclic) bond motifs is 3. The molecule has 5 aromatic rings. The normalized spacial score (nSPS) is 11.3. The van der Waals surface area contributed by atoms with Gasteiger partial charge in [-0.3, -0.25) is 19.3 Å². The molecule has 0 atom stereocenters. The molecule has 0 aliphatic heterocycles. The lowest BCUT2D eigenvalue weighted by Gasteiger charge is -2.22. The van der Waals surface area contributed by atoms with Gasteiger partial charge < -0.3 is 5.73 Å². The largest absolute Gasteiger partial charge is 0.383 e. The molecule has 2 N–H and O–H groups in total. The second kappa shape index (κ2) is 9.81. The molecule has 0 radical (unpaired) electrons. The molecule has 0 aliphatic rings. The summed E-state index contributed by atoms with van der Waals surface area (Å²) in [5.74, 6) is 0.139. The first-order valence-electron chi connectivity index (χ1n) is 11.2. The number of hydrogen-bond acceptors (Lipinski definition) is 6. The highest BCUT2D eigenvalue weighted by atomic mass is 79.9. The van der Waals surface area contributed by atoms with Crippen LogP contribution in [0.3, 0.4) is 0 Å². The number of aryl methyl sites for hydroxylation is 1. The first-order chi connectivity index (χ1) is 17.0. The van der Waals surface area contributed by atoms with Crippen molar-refractivity contribution >= 4 is 49.5 Å². The predicted octanol–water partition coefficient (Wildman–Crippen LogP) is 5.12. The van der Waals surface area contributed by atoms with E-state index in [0.29, 0.717) is 29.1 Å². The van der Waals surface area contributed by atoms with Crippen LogP contribution in [0.5, 0.6) is 0 Å². The summed E-state index contributed by atoms with van der Waals surface area (Å²) in [5.41, 5.74) is 9.85. The maximum Gasteiger partial charge on any atom is 0.277 e. The Morgan fingerprint density at radius 1 is 1.09 bits per heavy atom. The number of carbonyl (C=O) groups is 1. The van der Waals surface area contributed by atoms with Gasteiger partial charge in [0.2, 0.25) is 0 Å². The molecule has 0 spiro atoms. The summed E-state index contributed by atoms with van der Waals surface area (Å²) in [5, 5.41) is 7.35. The third-order valence-electron chi connectivity index (χ3n) is 5.71. The zero-order valence-electron chi connectivity index (χ0n) is 19.1. The minimum Gasteiger partial charge on any atom is -0.383 e. The van der Waals surface area contributed by atoms with Gasteiger partial charge in [-0.2, -0.15) is 5.10 Å². The Morgan fingerprint density at radius 2 is 1.91 bits per heavy atom. The van der Waals surface area contributed by atoms with E-state index in [1.165, 1.54) is 5.06 Å². The Morgan fingerprint density at radius 3 is 2.66 bits per heavy atom. The lowest BCUT2D eigenvalue weighted by molar-refractivity contribution is -0.140. The SMILES string of the molecule is CCn1ncc2c(N)nc3ccc(C(=O)N(Cc4ccc(Br)cn4)OCc4ccccc4)cc3c21. The van der Waals surface area contributed by atoms with E-state index in [2.05, 4.69) is 31.0 Å². The van der Waals surface area contributed by atoms with E-state index in [4.69, 9.17) is 10.6 Å². The Bertz CT molecular complexity index is 1500. The molecule has 0 fully saturated rings. The van der Waals surface area contributed by atoms with E-state index >= 15 is 0 Å². The standard InChI is InChI=1S/C26H23BrN6O2/c1-2-32-24-21-12-18(8-11-23(21)31-25(28)22(24)14-30-32)26(34)33(15-20-10-9-19(27)13-29-20)35-16-17-6-4-3-5-7-17/h3-14H,2,15-16H2,1H3,(H2,28,31). The molecular weight excluding hydrogens is 508 g/mol. The molecular formula is C26H23BrN6O2. The van der Waals surface area contributed by atoms with Crippen molar-refractivity contribution in [2.24, 2.45) is 0 Å². The van der Waals surface area contributed by atoms with Crippen molar-refractivity contribution in [3.63, 3.8) is 0 Å². The average molecular weight is 531 g/mol. The molecule has 0 saturated heterocycles. The van der Waals surface area contributed by atoms with Crippen molar-refractivity contribution < 1.29 is 9.63 Å². The van der Waals surface area contributed by atoms with E-state index in [1.807, 2.05) is 60.1 Å². The number of hydrogen-bond donors (Lipinski definition) is 1. The average Bonchev–Trinajstić information content (AvgIpc) is 3.33. The summed E-state index contributed by atoms with van der Waals surface area (Å²) in [6, 6.07) is 18.8. The zero-order valence-corrected chi connectivity index (χ0v) is 20.6. The molecule has 3 heterocycles. The maximum atomic E-state index is 13.7. The van der Waals surface area contributed by atoms with Crippen molar-refractivity contribution in [3.05, 3.63) is 94.4 Å². The van der Waals surface area contributed by atoms with E-state index in [0.717, 1.165) is 26.3 Å². The van der Waals surface area contributed by atoms with Crippen LogP contribution in [0.2, 0.25) is 0 Å². The smallest absolute Gasteiger partial charge is 0.277 e. The molecule has 5 rings (SSSR count). The van der Waals surface area contributed by atoms with Crippen LogP contribution in [0.1, 0.15) is 28.5 Å². The van der Waals surface area contributed by atoms with Gasteiger partial charge in [-0.25, -0.2) is 10.0 Å². The Balaban J connectivity index is 1.52. The number of aromatic nitrogens is 4. The van der Waals surface area contributed by atoms with Gasteiger partial charge in [-0.15, -0.1) is 0 Å². The number of nitrogen functional groups attached to an aromatic ring is 1. The van der Waals surface area contributed by atoms with Gasteiger partial charge in [0, 0.05) is 28.2 Å². The molecule has 1 amide bonds. The van der Waals surface area contributed by atoms with Crippen LogP contribution >= 0.6 is 15.9 Å². The minimum atomic E-state index is -0.278. The number of rotatable bonds is 7. The molecule has 0 unspecified atom stereocenters. The number of anilines is 1. The second-order valence-electron chi connectivity index (χ2n) is 8.02. The molecule has 2 aromatic carbocycles. The molecule has 9 heteroatoms. The van der Waals surface area contributed by atoms with Crippen molar-refractivity contribution in [1.82, 2.24) is 24.8 Å². The fraction of sp³-hybridized carbons (Fsp3) is 0.154. The lowest BCUT2D eigenvalue weighted by Crippen LogP contribution is -2.31. The van der Waals surface area contributed by atoms with Crippen LogP contribution in [0, 0.1) is 0 Å². The van der Waals surface area contributed by atoms with E-state index < -0.39 is 0 Å². The Hall–Kier alpha value is -3.82. The number of hydroxylamine groups is 2. The molecule has 0 saturated carbocycles. The number of carbonyl (C=O) groups excluding carboxylic acids is 1. The maximum absolute atomic E-state index is 13.7. The number of halogens is 1. The summed E-state index contributed by atoms with van der Waals surface area (Å²) in [6.45, 7) is 3.12. The van der Waals surface area contributed by atoms with Crippen LogP contribution in [0.4, 0.5) is 5.82 Å². The van der Waals surface area contributed by atoms with Gasteiger partial charge in [0.25, 0.3) is 5.91 Å². The highest BCUT2D eigenvalue weighted by Gasteiger charge is 2.20. The van der Waals surface area contributed by atoms with Gasteiger partial charge >= 0.3 is 0 Å². The number of pyridine rings is 2. The summed E-state index contributed by atoms with van der Waals surface area (Å²) < 4.78 is 2.72. The number of nitrogens with two attached hydrogens (primary N) is 1. The fourth-order valence-corrected chi connectivity index (χ4v) is 4.17. The predicted molar refractivity (Wildman–Crippen MR) is 138 cm³/mol. The second-order valence-corrected chi connectivity index (χ2v) is 8.94. The van der Waals surface area contributed by atoms with Crippen molar-refractivity contribution in [3.8, 4) is 0 Å². The van der Waals surface area contributed by atoms with Gasteiger partial charge in [-0.1, -0.05) is 30.3 Å². The van der Waals surface area contributed by atoms with E-state index in [9.17, 15) is 4.79 Å².